The van der Waals surface area contributed by atoms with Crippen LogP contribution in [0.4, 0.5) is 0 Å². The van der Waals surface area contributed by atoms with Gasteiger partial charge in [0.15, 0.2) is 0 Å². The van der Waals surface area contributed by atoms with Crippen molar-refractivity contribution in [1.29, 1.82) is 0 Å². The van der Waals surface area contributed by atoms with Crippen molar-refractivity contribution in [2.24, 2.45) is 10.2 Å². The van der Waals surface area contributed by atoms with Gasteiger partial charge in [0.05, 0.1) is 0 Å². The van der Waals surface area contributed by atoms with E-state index < -0.39 is 26.6 Å². The van der Waals surface area contributed by atoms with Crippen molar-refractivity contribution in [3.05, 3.63) is 0 Å². The molecule has 0 saturated carbocycles. The molecule has 0 amide bonds. The van der Waals surface area contributed by atoms with E-state index in [1.807, 2.05) is 0 Å². The maximum atomic E-state index is 5.58. The smallest absolute Gasteiger partial charge is 0.151 e. The quantitative estimate of drug-likeness (QED) is 0.196. The van der Waals surface area contributed by atoms with Crippen LogP contribution in [0.15, 0.2) is 10.2 Å². The predicted molar refractivity (Wildman–Crippen MR) is 96.0 cm³/mol. The van der Waals surface area contributed by atoms with Gasteiger partial charge in [-0.1, -0.05) is 139 Å². The molecule has 0 aliphatic rings. The Morgan fingerprint density at radius 3 is 0.650 bits per heavy atom. The molecule has 0 aromatic carbocycles. The van der Waals surface area contributed by atoms with E-state index in [1.54, 1.807) is 0 Å². The zero-order valence-electron chi connectivity index (χ0n) is 8.43. The highest BCUT2D eigenvalue weighted by Crippen LogP contribution is 2.43. The monoisotopic (exact) mass is 520 g/mol. The van der Waals surface area contributed by atoms with Crippen molar-refractivity contribution in [3.8, 4) is 0 Å². The second-order valence-electron chi connectivity index (χ2n) is 2.89. The van der Waals surface area contributed by atoms with E-state index in [1.165, 1.54) is 0 Å². The van der Waals surface area contributed by atoms with Gasteiger partial charge in [-0.3, -0.25) is 0 Å². The first-order valence-electron chi connectivity index (χ1n) is 3.92. The van der Waals surface area contributed by atoms with E-state index >= 15 is 0 Å². The molecule has 118 valence electrons. The van der Waals surface area contributed by atoms with Crippen LogP contribution in [0.5, 0.6) is 0 Å². The van der Waals surface area contributed by atoms with Gasteiger partial charge < -0.3 is 0 Å². The highest BCUT2D eigenvalue weighted by atomic mass is 35.6. The van der Waals surface area contributed by atoms with Crippen LogP contribution < -0.4 is 0 Å². The highest BCUT2D eigenvalue weighted by Gasteiger charge is 2.45. The number of nitrogens with zero attached hydrogens (tertiary/aromatic N) is 2. The van der Waals surface area contributed by atoms with Crippen LogP contribution in [0.3, 0.4) is 0 Å². The van der Waals surface area contributed by atoms with Gasteiger partial charge in [-0.15, -0.1) is 0 Å². The molecule has 0 N–H and O–H groups in total. The van der Waals surface area contributed by atoms with E-state index in [2.05, 4.69) is 10.2 Å². The average Bonchev–Trinajstić information content (AvgIpc) is 2.02. The minimum atomic E-state index is -2.21. The topological polar surface area (TPSA) is 24.7 Å². The predicted octanol–water partition coefficient (Wildman–Crippen LogP) is 7.26. The summed E-state index contributed by atoms with van der Waals surface area (Å²) in [5.41, 5.74) is -1.22. The summed E-state index contributed by atoms with van der Waals surface area (Å²) < 4.78 is -8.83. The molecule has 0 unspecified atom stereocenters. The molecule has 0 aromatic rings. The molecule has 0 atom stereocenters. The van der Waals surface area contributed by atoms with E-state index in [4.69, 9.17) is 139 Å². The van der Waals surface area contributed by atoms with Crippen LogP contribution in [0.1, 0.15) is 0 Å². The third-order valence-corrected chi connectivity index (χ3v) is 3.47. The molecule has 0 spiro atoms. The van der Waals surface area contributed by atoms with Crippen LogP contribution in [-0.2, 0) is 0 Å². The third-order valence-electron chi connectivity index (χ3n) is 1.32. The van der Waals surface area contributed by atoms with Crippen LogP contribution in [-0.4, -0.2) is 26.6 Å². The SMILES string of the molecule is ClC(Cl)(Cl)C(=NN=C(C(Cl)(Cl)Cl)C(Cl)(Cl)Cl)C(Cl)(Cl)Cl. The van der Waals surface area contributed by atoms with E-state index in [0.717, 1.165) is 0 Å². The standard InChI is InChI=1S/C6Cl12N2/c7-3(8,9)1(4(10,11)12)19-20-2(5(13,14)15)6(16,17)18. The molecular formula is C6Cl12N2. The highest BCUT2D eigenvalue weighted by molar-refractivity contribution is 6.88. The number of hydrogen-bond acceptors (Lipinski definition) is 2. The molecule has 0 heterocycles. The van der Waals surface area contributed by atoms with Crippen molar-refractivity contribution < 1.29 is 0 Å². The Kier molecular flexibility index (Phi) is 8.90. The Bertz CT molecular complexity index is 330. The Morgan fingerprint density at radius 1 is 0.400 bits per heavy atom. The Labute approximate surface area is 174 Å². The molecular weight excluding hydrogens is 526 g/mol. The van der Waals surface area contributed by atoms with Crippen molar-refractivity contribution in [2.75, 3.05) is 0 Å². The number of rotatable bonds is 1. The zero-order valence-corrected chi connectivity index (χ0v) is 17.5. The lowest BCUT2D eigenvalue weighted by Gasteiger charge is -2.22. The van der Waals surface area contributed by atoms with Gasteiger partial charge in [0, 0.05) is 0 Å². The zero-order chi connectivity index (χ0) is 16.6. The van der Waals surface area contributed by atoms with Gasteiger partial charge in [-0.05, 0) is 0 Å². The first-order chi connectivity index (χ1) is 8.47. The van der Waals surface area contributed by atoms with Gasteiger partial charge in [-0.25, -0.2) is 0 Å². The second kappa shape index (κ2) is 7.80. The van der Waals surface area contributed by atoms with Gasteiger partial charge >= 0.3 is 0 Å². The average molecular weight is 526 g/mol. The minimum absolute atomic E-state index is 0.610. The summed E-state index contributed by atoms with van der Waals surface area (Å²) in [7, 11) is 0. The first kappa shape index (κ1) is 22.8. The van der Waals surface area contributed by atoms with Crippen molar-refractivity contribution >= 4 is 151 Å². The fraction of sp³-hybridized carbons (Fsp3) is 0.667. The molecule has 20 heavy (non-hydrogen) atoms. The molecule has 14 heteroatoms. The lowest BCUT2D eigenvalue weighted by Crippen LogP contribution is -2.34. The molecule has 0 aliphatic carbocycles. The molecule has 0 aliphatic heterocycles. The fourth-order valence-corrected chi connectivity index (χ4v) is 3.67. The van der Waals surface area contributed by atoms with E-state index in [9.17, 15) is 0 Å². The van der Waals surface area contributed by atoms with E-state index in [0.29, 0.717) is 0 Å². The summed E-state index contributed by atoms with van der Waals surface area (Å²) in [6, 6.07) is 0. The molecule has 2 nitrogen and oxygen atoms in total. The van der Waals surface area contributed by atoms with Crippen molar-refractivity contribution in [3.63, 3.8) is 0 Å². The minimum Gasteiger partial charge on any atom is -0.151 e. The molecule has 0 radical (unpaired) electrons. The first-order valence-corrected chi connectivity index (χ1v) is 8.45. The largest absolute Gasteiger partial charge is 0.234 e. The molecule has 0 saturated heterocycles. The third kappa shape index (κ3) is 8.08. The maximum absolute atomic E-state index is 5.58. The second-order valence-corrected chi connectivity index (χ2v) is 12.0. The molecule has 0 rings (SSSR count). The van der Waals surface area contributed by atoms with E-state index in [-0.39, 0.29) is 0 Å². The van der Waals surface area contributed by atoms with Crippen LogP contribution in [0.25, 0.3) is 0 Å². The normalized spacial score (nSPS) is 14.0. The molecule has 0 aromatic heterocycles. The Balaban J connectivity index is 5.95. The van der Waals surface area contributed by atoms with Gasteiger partial charge in [0.25, 0.3) is 0 Å². The van der Waals surface area contributed by atoms with Crippen molar-refractivity contribution in [1.82, 2.24) is 0 Å². The van der Waals surface area contributed by atoms with Gasteiger partial charge in [-0.2, -0.15) is 10.2 Å². The summed E-state index contributed by atoms with van der Waals surface area (Å²) >= 11 is 66.9. The maximum Gasteiger partial charge on any atom is 0.234 e. The van der Waals surface area contributed by atoms with Gasteiger partial charge in [0.2, 0.25) is 15.2 Å². The van der Waals surface area contributed by atoms with Crippen molar-refractivity contribution in [2.45, 2.75) is 15.2 Å². The molecule has 0 bridgehead atoms. The number of hydrogen-bond donors (Lipinski definition) is 0. The summed E-state index contributed by atoms with van der Waals surface area (Å²) in [5, 5.41) is 6.81. The fourth-order valence-electron chi connectivity index (χ4n) is 0.648. The van der Waals surface area contributed by atoms with Gasteiger partial charge in [0.1, 0.15) is 11.4 Å². The summed E-state index contributed by atoms with van der Waals surface area (Å²) in [5.74, 6) is 0. The number of alkyl halides is 12. The summed E-state index contributed by atoms with van der Waals surface area (Å²) in [4.78, 5) is 0. The number of halogens is 12. The van der Waals surface area contributed by atoms with Crippen LogP contribution in [0, 0.1) is 0 Å². The van der Waals surface area contributed by atoms with Crippen LogP contribution >= 0.6 is 139 Å². The molecule has 0 fully saturated rings. The lowest BCUT2D eigenvalue weighted by molar-refractivity contribution is 1.14. The Morgan fingerprint density at radius 2 is 0.550 bits per heavy atom. The summed E-state index contributed by atoms with van der Waals surface area (Å²) in [6.45, 7) is 0. The Hall–Kier alpha value is 2.82. The summed E-state index contributed by atoms with van der Waals surface area (Å²) in [6.07, 6.45) is 0. The van der Waals surface area contributed by atoms with Crippen LogP contribution in [0.2, 0.25) is 0 Å². The lowest BCUT2D eigenvalue weighted by atomic mass is 10.4.